The molecule has 0 aliphatic carbocycles. The van der Waals surface area contributed by atoms with E-state index in [0.29, 0.717) is 0 Å². The van der Waals surface area contributed by atoms with Crippen LogP contribution in [0.5, 0.6) is 0 Å². The smallest absolute Gasteiger partial charge is 0.280 e. The molecular formula is C14H17FN8O4. The fourth-order valence-electron chi connectivity index (χ4n) is 2.70. The lowest BCUT2D eigenvalue weighted by Crippen LogP contribution is -2.28. The van der Waals surface area contributed by atoms with Crippen LogP contribution in [-0.4, -0.2) is 55.5 Å². The maximum atomic E-state index is 14.4. The van der Waals surface area contributed by atoms with E-state index in [1.54, 1.807) is 13.8 Å². The van der Waals surface area contributed by atoms with Crippen LogP contribution in [0.25, 0.3) is 21.6 Å². The van der Waals surface area contributed by atoms with Crippen LogP contribution in [0.15, 0.2) is 16.2 Å². The number of nitrogens with zero attached hydrogens (tertiary/aromatic N) is 6. The second-order valence-electron chi connectivity index (χ2n) is 6.27. The van der Waals surface area contributed by atoms with Crippen molar-refractivity contribution in [3.63, 3.8) is 0 Å². The van der Waals surface area contributed by atoms with E-state index < -0.39 is 36.7 Å². The number of anilines is 1. The molecule has 0 saturated carbocycles. The third kappa shape index (κ3) is 3.35. The Kier molecular flexibility index (Phi) is 5.08. The molecule has 12 nitrogen and oxygen atoms in total. The molecule has 27 heavy (non-hydrogen) atoms. The molecule has 1 unspecified atom stereocenters. The van der Waals surface area contributed by atoms with Crippen molar-refractivity contribution in [2.45, 2.75) is 38.4 Å². The van der Waals surface area contributed by atoms with Gasteiger partial charge in [-0.1, -0.05) is 19.0 Å². The summed E-state index contributed by atoms with van der Waals surface area (Å²) < 4.78 is 21.0. The highest BCUT2D eigenvalue weighted by molar-refractivity contribution is 5.91. The van der Waals surface area contributed by atoms with Crippen LogP contribution >= 0.6 is 0 Å². The molecule has 0 aromatic carbocycles. The van der Waals surface area contributed by atoms with Gasteiger partial charge in [0, 0.05) is 10.8 Å². The van der Waals surface area contributed by atoms with Crippen LogP contribution in [0.3, 0.4) is 0 Å². The third-order valence-corrected chi connectivity index (χ3v) is 4.13. The monoisotopic (exact) mass is 380 g/mol. The summed E-state index contributed by atoms with van der Waals surface area (Å²) in [6, 6.07) is -1.29. The van der Waals surface area contributed by atoms with E-state index >= 15 is 0 Å². The van der Waals surface area contributed by atoms with Gasteiger partial charge in [-0.05, 0) is 5.53 Å². The Hall–Kier alpha value is -3.02. The molecule has 3 N–H and O–H groups in total. The number of imidazole rings is 1. The molecule has 13 heteroatoms. The second kappa shape index (κ2) is 7.31. The SMILES string of the molecule is CC(C)C(=O)Nc1nc2c(ncn2[C@@H]2O[C@H](CO)[C@@H](F)C2N=[N+]=[N-])c(=O)[nH]1. The fourth-order valence-corrected chi connectivity index (χ4v) is 2.70. The van der Waals surface area contributed by atoms with Gasteiger partial charge in [-0.2, -0.15) is 4.98 Å². The number of rotatable bonds is 5. The summed E-state index contributed by atoms with van der Waals surface area (Å²) in [6.45, 7) is 2.72. The van der Waals surface area contributed by atoms with Crippen LogP contribution in [0.2, 0.25) is 0 Å². The molecule has 2 aromatic rings. The first-order valence-corrected chi connectivity index (χ1v) is 8.09. The van der Waals surface area contributed by atoms with E-state index in [2.05, 4.69) is 30.3 Å². The van der Waals surface area contributed by atoms with Gasteiger partial charge in [0.25, 0.3) is 5.56 Å². The first-order chi connectivity index (χ1) is 12.9. The minimum absolute atomic E-state index is 0.00624. The number of aromatic nitrogens is 4. The molecule has 3 rings (SSSR count). The van der Waals surface area contributed by atoms with Crippen molar-refractivity contribution in [1.82, 2.24) is 19.5 Å². The van der Waals surface area contributed by atoms with Gasteiger partial charge in [0.2, 0.25) is 11.9 Å². The summed E-state index contributed by atoms with van der Waals surface area (Å²) in [6.07, 6.45) is -2.93. The van der Waals surface area contributed by atoms with Gasteiger partial charge in [-0.15, -0.1) is 0 Å². The van der Waals surface area contributed by atoms with Crippen molar-refractivity contribution in [2.24, 2.45) is 11.0 Å². The molecule has 2 aromatic heterocycles. The molecule has 3 heterocycles. The van der Waals surface area contributed by atoms with Gasteiger partial charge < -0.3 is 9.84 Å². The molecule has 0 spiro atoms. The Balaban J connectivity index is 2.06. The number of amides is 1. The topological polar surface area (TPSA) is 171 Å². The number of hydrogen-bond donors (Lipinski definition) is 3. The van der Waals surface area contributed by atoms with E-state index in [0.717, 1.165) is 0 Å². The highest BCUT2D eigenvalue weighted by atomic mass is 19.1. The number of alkyl halides is 1. The number of azide groups is 1. The summed E-state index contributed by atoms with van der Waals surface area (Å²) in [5.74, 6) is -0.820. The zero-order valence-corrected chi connectivity index (χ0v) is 14.4. The number of ether oxygens (including phenoxy) is 1. The highest BCUT2D eigenvalue weighted by Crippen LogP contribution is 2.35. The van der Waals surface area contributed by atoms with Gasteiger partial charge in [-0.3, -0.25) is 24.5 Å². The second-order valence-corrected chi connectivity index (χ2v) is 6.27. The molecule has 0 bridgehead atoms. The number of H-pyrrole nitrogens is 1. The number of halogens is 1. The lowest BCUT2D eigenvalue weighted by Gasteiger charge is -2.17. The number of hydrogen-bond acceptors (Lipinski definition) is 7. The highest BCUT2D eigenvalue weighted by Gasteiger charge is 2.46. The fraction of sp³-hybridized carbons (Fsp3) is 0.571. The number of carbonyl (C=O) groups is 1. The first kappa shape index (κ1) is 18.8. The van der Waals surface area contributed by atoms with E-state index in [1.807, 2.05) is 0 Å². The van der Waals surface area contributed by atoms with Crippen molar-refractivity contribution in [3.05, 3.63) is 27.1 Å². The van der Waals surface area contributed by atoms with Crippen molar-refractivity contribution >= 4 is 23.0 Å². The predicted molar refractivity (Wildman–Crippen MR) is 90.4 cm³/mol. The normalized spacial score (nSPS) is 24.9. The van der Waals surface area contributed by atoms with Gasteiger partial charge >= 0.3 is 0 Å². The van der Waals surface area contributed by atoms with Crippen molar-refractivity contribution in [1.29, 1.82) is 0 Å². The van der Waals surface area contributed by atoms with Crippen LogP contribution in [0.4, 0.5) is 10.3 Å². The van der Waals surface area contributed by atoms with Crippen LogP contribution < -0.4 is 10.9 Å². The molecular weight excluding hydrogens is 363 g/mol. The van der Waals surface area contributed by atoms with Crippen LogP contribution in [-0.2, 0) is 9.53 Å². The van der Waals surface area contributed by atoms with E-state index in [-0.39, 0.29) is 28.9 Å². The Morgan fingerprint density at radius 1 is 1.63 bits per heavy atom. The summed E-state index contributed by atoms with van der Waals surface area (Å²) in [7, 11) is 0. The predicted octanol–water partition coefficient (Wildman–Crippen LogP) is 0.621. The summed E-state index contributed by atoms with van der Waals surface area (Å²) in [4.78, 5) is 37.1. The lowest BCUT2D eigenvalue weighted by atomic mass is 10.1. The Bertz CT molecular complexity index is 966. The minimum Gasteiger partial charge on any atom is -0.394 e. The Morgan fingerprint density at radius 3 is 3.00 bits per heavy atom. The molecule has 4 atom stereocenters. The summed E-state index contributed by atoms with van der Waals surface area (Å²) in [5, 5.41) is 15.1. The minimum atomic E-state index is -1.75. The molecule has 1 saturated heterocycles. The third-order valence-electron chi connectivity index (χ3n) is 4.13. The zero-order valence-electron chi connectivity index (χ0n) is 14.4. The number of fused-ring (bicyclic) bond motifs is 1. The van der Waals surface area contributed by atoms with Crippen molar-refractivity contribution in [2.75, 3.05) is 11.9 Å². The van der Waals surface area contributed by atoms with Gasteiger partial charge in [0.05, 0.1) is 12.9 Å². The average molecular weight is 380 g/mol. The molecule has 1 amide bonds. The Labute approximate surface area is 151 Å². The standard InChI is InChI=1S/C14H17FN8O4/c1-5(2)11(25)19-14-18-10-9(12(26)20-14)17-4-23(10)13-8(21-22-16)7(15)6(3-24)27-13/h4-8,13,24H,3H2,1-2H3,(H2,18,19,20,25,26)/t6-,7-,8?,13-/m1/s1. The van der Waals surface area contributed by atoms with Gasteiger partial charge in [-0.25, -0.2) is 9.37 Å². The molecule has 1 aliphatic rings. The van der Waals surface area contributed by atoms with Crippen LogP contribution in [0.1, 0.15) is 20.1 Å². The number of aromatic amines is 1. The number of nitrogens with one attached hydrogen (secondary N) is 2. The van der Waals surface area contributed by atoms with E-state index in [4.69, 9.17) is 10.3 Å². The number of aliphatic hydroxyl groups is 1. The summed E-state index contributed by atoms with van der Waals surface area (Å²) in [5.41, 5.74) is 8.02. The first-order valence-electron chi connectivity index (χ1n) is 8.09. The van der Waals surface area contributed by atoms with Gasteiger partial charge in [0.1, 0.15) is 24.5 Å². The van der Waals surface area contributed by atoms with E-state index in [1.165, 1.54) is 10.9 Å². The molecule has 0 radical (unpaired) electrons. The molecule has 1 aliphatic heterocycles. The largest absolute Gasteiger partial charge is 0.394 e. The van der Waals surface area contributed by atoms with Crippen LogP contribution in [0, 0.1) is 5.92 Å². The lowest BCUT2D eigenvalue weighted by molar-refractivity contribution is -0.118. The zero-order chi connectivity index (χ0) is 19.7. The van der Waals surface area contributed by atoms with Gasteiger partial charge in [0.15, 0.2) is 11.2 Å². The summed E-state index contributed by atoms with van der Waals surface area (Å²) >= 11 is 0. The average Bonchev–Trinajstić information content (AvgIpc) is 3.17. The molecule has 1 fully saturated rings. The number of aliphatic hydroxyl groups excluding tert-OH is 1. The molecule has 144 valence electrons. The van der Waals surface area contributed by atoms with Crippen molar-refractivity contribution in [3.8, 4) is 0 Å². The quantitative estimate of drug-likeness (QED) is 0.390. The van der Waals surface area contributed by atoms with Crippen molar-refractivity contribution < 1.29 is 19.0 Å². The van der Waals surface area contributed by atoms with E-state index in [9.17, 15) is 19.1 Å². The number of carbonyl (C=O) groups excluding carboxylic acids is 1. The maximum absolute atomic E-state index is 14.4. The Morgan fingerprint density at radius 2 is 2.37 bits per heavy atom. The maximum Gasteiger partial charge on any atom is 0.280 e.